The Bertz CT molecular complexity index is 960. The van der Waals surface area contributed by atoms with Crippen LogP contribution in [0.2, 0.25) is 0 Å². The Balaban J connectivity index is 1.75. The molecule has 2 aromatic carbocycles. The minimum absolute atomic E-state index is 0.0194. The van der Waals surface area contributed by atoms with E-state index in [0.29, 0.717) is 17.1 Å². The fourth-order valence-corrected chi connectivity index (χ4v) is 2.94. The fourth-order valence-electron chi connectivity index (χ4n) is 2.94. The first-order valence-electron chi connectivity index (χ1n) is 9.15. The van der Waals surface area contributed by atoms with E-state index in [2.05, 4.69) is 42.5 Å². The van der Waals surface area contributed by atoms with Crippen molar-refractivity contribution in [1.82, 2.24) is 4.98 Å². The average Bonchev–Trinajstić information content (AvgIpc) is 2.68. The highest BCUT2D eigenvalue weighted by molar-refractivity contribution is 6.03. The highest BCUT2D eigenvalue weighted by Crippen LogP contribution is 2.31. The van der Waals surface area contributed by atoms with Crippen LogP contribution in [0.3, 0.4) is 0 Å². The predicted octanol–water partition coefficient (Wildman–Crippen LogP) is 5.38. The van der Waals surface area contributed by atoms with Crippen LogP contribution in [-0.4, -0.2) is 18.0 Å². The average molecular weight is 375 g/mol. The van der Waals surface area contributed by atoms with Crippen molar-refractivity contribution >= 4 is 23.0 Å². The molecule has 1 amide bonds. The summed E-state index contributed by atoms with van der Waals surface area (Å²) in [5.41, 5.74) is 4.03. The van der Waals surface area contributed by atoms with Crippen molar-refractivity contribution in [3.8, 4) is 5.75 Å². The zero-order valence-electron chi connectivity index (χ0n) is 16.6. The number of hydrogen-bond acceptors (Lipinski definition) is 4. The number of nitrogens with one attached hydrogen (secondary N) is 2. The molecule has 2 N–H and O–H groups in total. The molecule has 0 fully saturated rings. The highest BCUT2D eigenvalue weighted by atomic mass is 16.5. The number of methoxy groups -OCH3 is 1. The molecule has 5 nitrogen and oxygen atoms in total. The molecule has 5 heteroatoms. The Morgan fingerprint density at radius 3 is 2.25 bits per heavy atom. The van der Waals surface area contributed by atoms with Crippen molar-refractivity contribution in [1.29, 1.82) is 0 Å². The summed E-state index contributed by atoms with van der Waals surface area (Å²) < 4.78 is 5.26. The predicted molar refractivity (Wildman–Crippen MR) is 114 cm³/mol. The van der Waals surface area contributed by atoms with Gasteiger partial charge in [0.2, 0.25) is 0 Å². The number of amides is 1. The van der Waals surface area contributed by atoms with E-state index in [9.17, 15) is 4.79 Å². The Morgan fingerprint density at radius 2 is 1.61 bits per heavy atom. The lowest BCUT2D eigenvalue weighted by Gasteiger charge is -2.23. The van der Waals surface area contributed by atoms with Gasteiger partial charge in [-0.1, -0.05) is 51.1 Å². The molecule has 3 rings (SSSR count). The Morgan fingerprint density at radius 1 is 0.929 bits per heavy atom. The van der Waals surface area contributed by atoms with Crippen LogP contribution in [0.15, 0.2) is 66.9 Å². The van der Waals surface area contributed by atoms with E-state index in [-0.39, 0.29) is 11.3 Å². The van der Waals surface area contributed by atoms with Crippen LogP contribution >= 0.6 is 0 Å². The van der Waals surface area contributed by atoms with Crippen molar-refractivity contribution in [2.24, 2.45) is 0 Å². The fraction of sp³-hybridized carbons (Fsp3) is 0.217. The summed E-state index contributed by atoms with van der Waals surface area (Å²) in [7, 11) is 1.57. The molecule has 0 radical (unpaired) electrons. The topological polar surface area (TPSA) is 63.2 Å². The standard InChI is InChI=1S/C23H25N3O2/c1-23(2,3)17-9-5-6-10-18(17)25-16-13-14-20(24-15-16)22(27)26-19-11-7-8-12-21(19)28-4/h5-15,25H,1-4H3,(H,26,27). The normalized spacial score (nSPS) is 11.0. The van der Waals surface area contributed by atoms with E-state index < -0.39 is 0 Å². The molecule has 144 valence electrons. The number of carbonyl (C=O) groups is 1. The second-order valence-electron chi connectivity index (χ2n) is 7.51. The maximum atomic E-state index is 12.5. The SMILES string of the molecule is COc1ccccc1NC(=O)c1ccc(Nc2ccccc2C(C)(C)C)cn1. The number of nitrogens with zero attached hydrogens (tertiary/aromatic N) is 1. The lowest BCUT2D eigenvalue weighted by atomic mass is 9.86. The van der Waals surface area contributed by atoms with Gasteiger partial charge in [0.25, 0.3) is 5.91 Å². The third kappa shape index (κ3) is 4.49. The molecule has 0 aliphatic rings. The third-order valence-electron chi connectivity index (χ3n) is 4.37. The second kappa shape index (κ2) is 8.13. The summed E-state index contributed by atoms with van der Waals surface area (Å²) in [4.78, 5) is 16.8. The van der Waals surface area contributed by atoms with Gasteiger partial charge in [-0.15, -0.1) is 0 Å². The van der Waals surface area contributed by atoms with E-state index >= 15 is 0 Å². The second-order valence-corrected chi connectivity index (χ2v) is 7.51. The summed E-state index contributed by atoms with van der Waals surface area (Å²) >= 11 is 0. The molecule has 0 saturated carbocycles. The Labute approximate surface area is 165 Å². The van der Waals surface area contributed by atoms with E-state index in [1.165, 1.54) is 5.56 Å². The largest absolute Gasteiger partial charge is 0.495 e. The minimum Gasteiger partial charge on any atom is -0.495 e. The van der Waals surface area contributed by atoms with Crippen molar-refractivity contribution < 1.29 is 9.53 Å². The van der Waals surface area contributed by atoms with Crippen molar-refractivity contribution in [3.63, 3.8) is 0 Å². The van der Waals surface area contributed by atoms with Gasteiger partial charge >= 0.3 is 0 Å². The summed E-state index contributed by atoms with van der Waals surface area (Å²) in [6.07, 6.45) is 1.66. The lowest BCUT2D eigenvalue weighted by Crippen LogP contribution is -2.15. The number of aromatic nitrogens is 1. The molecule has 0 aliphatic carbocycles. The Hall–Kier alpha value is -3.34. The van der Waals surface area contributed by atoms with Gasteiger partial charge in [-0.05, 0) is 41.3 Å². The van der Waals surface area contributed by atoms with Crippen LogP contribution in [0.5, 0.6) is 5.75 Å². The van der Waals surface area contributed by atoms with Gasteiger partial charge in [0, 0.05) is 5.69 Å². The summed E-state index contributed by atoms with van der Waals surface area (Å²) in [5.74, 6) is 0.319. The summed E-state index contributed by atoms with van der Waals surface area (Å²) in [6, 6.07) is 19.0. The zero-order valence-corrected chi connectivity index (χ0v) is 16.6. The van der Waals surface area contributed by atoms with Crippen molar-refractivity contribution in [2.75, 3.05) is 17.7 Å². The molecule has 0 unspecified atom stereocenters. The number of anilines is 3. The number of pyridine rings is 1. The number of carbonyl (C=O) groups excluding carboxylic acids is 1. The molecule has 28 heavy (non-hydrogen) atoms. The molecule has 0 aliphatic heterocycles. The molecule has 0 spiro atoms. The molecular formula is C23H25N3O2. The molecule has 3 aromatic rings. The van der Waals surface area contributed by atoms with Gasteiger partial charge in [0.1, 0.15) is 11.4 Å². The van der Waals surface area contributed by atoms with Crippen molar-refractivity contribution in [3.05, 3.63) is 78.1 Å². The Kier molecular flexibility index (Phi) is 5.64. The third-order valence-corrected chi connectivity index (χ3v) is 4.37. The minimum atomic E-state index is -0.286. The zero-order chi connectivity index (χ0) is 20.1. The number of rotatable bonds is 5. The van der Waals surface area contributed by atoms with Gasteiger partial charge < -0.3 is 15.4 Å². The van der Waals surface area contributed by atoms with E-state index in [1.807, 2.05) is 36.4 Å². The first kappa shape index (κ1) is 19.4. The molecule has 0 atom stereocenters. The molecule has 1 heterocycles. The highest BCUT2D eigenvalue weighted by Gasteiger charge is 2.17. The van der Waals surface area contributed by atoms with Gasteiger partial charge in [-0.2, -0.15) is 0 Å². The number of ether oxygens (including phenoxy) is 1. The first-order chi connectivity index (χ1) is 13.4. The lowest BCUT2D eigenvalue weighted by molar-refractivity contribution is 0.102. The summed E-state index contributed by atoms with van der Waals surface area (Å²) in [6.45, 7) is 6.53. The van der Waals surface area contributed by atoms with Gasteiger partial charge in [0.05, 0.1) is 24.7 Å². The maximum absolute atomic E-state index is 12.5. The number of benzene rings is 2. The monoisotopic (exact) mass is 375 g/mol. The van der Waals surface area contributed by atoms with Crippen molar-refractivity contribution in [2.45, 2.75) is 26.2 Å². The van der Waals surface area contributed by atoms with Gasteiger partial charge in [-0.3, -0.25) is 4.79 Å². The van der Waals surface area contributed by atoms with Gasteiger partial charge in [0.15, 0.2) is 0 Å². The number of para-hydroxylation sites is 3. The van der Waals surface area contributed by atoms with E-state index in [4.69, 9.17) is 4.74 Å². The molecule has 0 bridgehead atoms. The quantitative estimate of drug-likeness (QED) is 0.628. The van der Waals surface area contributed by atoms with Crippen LogP contribution in [-0.2, 0) is 5.41 Å². The van der Waals surface area contributed by atoms with Gasteiger partial charge in [-0.25, -0.2) is 4.98 Å². The molecule has 0 saturated heterocycles. The smallest absolute Gasteiger partial charge is 0.274 e. The molecular weight excluding hydrogens is 350 g/mol. The molecule has 1 aromatic heterocycles. The van der Waals surface area contributed by atoms with Crippen LogP contribution in [0, 0.1) is 0 Å². The maximum Gasteiger partial charge on any atom is 0.274 e. The van der Waals surface area contributed by atoms with Crippen LogP contribution in [0.25, 0.3) is 0 Å². The van der Waals surface area contributed by atoms with E-state index in [1.54, 1.807) is 31.5 Å². The van der Waals surface area contributed by atoms with Crippen LogP contribution < -0.4 is 15.4 Å². The summed E-state index contributed by atoms with van der Waals surface area (Å²) in [5, 5.41) is 6.23. The van der Waals surface area contributed by atoms with E-state index in [0.717, 1.165) is 11.4 Å². The first-order valence-corrected chi connectivity index (χ1v) is 9.15. The van der Waals surface area contributed by atoms with Crippen LogP contribution in [0.1, 0.15) is 36.8 Å². The van der Waals surface area contributed by atoms with Crippen LogP contribution in [0.4, 0.5) is 17.1 Å². The number of hydrogen-bond donors (Lipinski definition) is 2.